The Bertz CT molecular complexity index is 1150. The number of anilines is 1. The van der Waals surface area contributed by atoms with Crippen LogP contribution in [0.1, 0.15) is 43.2 Å². The molecule has 6 nitrogen and oxygen atoms in total. The molecule has 186 valence electrons. The highest BCUT2D eigenvalue weighted by Crippen LogP contribution is 2.35. The summed E-state index contributed by atoms with van der Waals surface area (Å²) in [6.45, 7) is 1.17. The third-order valence-electron chi connectivity index (χ3n) is 5.75. The third-order valence-corrected chi connectivity index (χ3v) is 8.00. The number of halogens is 4. The number of sulfonamides is 1. The van der Waals surface area contributed by atoms with Gasteiger partial charge in [0.05, 0.1) is 29.9 Å². The Labute approximate surface area is 202 Å². The first-order chi connectivity index (χ1) is 15.9. The lowest BCUT2D eigenvalue weighted by molar-refractivity contribution is -0.137. The maximum Gasteiger partial charge on any atom is 0.416 e. The van der Waals surface area contributed by atoms with Crippen LogP contribution in [0.15, 0.2) is 41.3 Å². The molecule has 2 aromatic carbocycles. The first-order valence-electron chi connectivity index (χ1n) is 10.8. The molecule has 11 heteroatoms. The number of methoxy groups -OCH3 is 1. The normalized spacial score (nSPS) is 15.4. The van der Waals surface area contributed by atoms with Gasteiger partial charge in [-0.25, -0.2) is 8.42 Å². The van der Waals surface area contributed by atoms with Crippen LogP contribution in [0.25, 0.3) is 0 Å². The molecule has 1 aliphatic rings. The molecule has 0 radical (unpaired) electrons. The van der Waals surface area contributed by atoms with Crippen molar-refractivity contribution in [2.24, 2.45) is 0 Å². The number of nitrogens with one attached hydrogen (secondary N) is 1. The summed E-state index contributed by atoms with van der Waals surface area (Å²) in [7, 11) is -2.80. The highest BCUT2D eigenvalue weighted by atomic mass is 35.5. The van der Waals surface area contributed by atoms with Crippen molar-refractivity contribution >= 4 is 33.2 Å². The molecule has 0 saturated heterocycles. The number of benzene rings is 2. The van der Waals surface area contributed by atoms with Crippen molar-refractivity contribution in [3.8, 4) is 5.75 Å². The fraction of sp³-hybridized carbons (Fsp3) is 0.435. The summed E-state index contributed by atoms with van der Waals surface area (Å²) in [5.41, 5.74) is -0.521. The van der Waals surface area contributed by atoms with Gasteiger partial charge in [-0.2, -0.15) is 17.5 Å². The lowest BCUT2D eigenvalue weighted by Crippen LogP contribution is -2.45. The molecule has 1 fully saturated rings. The predicted octanol–water partition coefficient (Wildman–Crippen LogP) is 5.64. The minimum Gasteiger partial charge on any atom is -0.495 e. The maximum atomic E-state index is 13.7. The van der Waals surface area contributed by atoms with Gasteiger partial charge < -0.3 is 10.1 Å². The number of ether oxygens (including phenoxy) is 1. The molecule has 0 bridgehead atoms. The van der Waals surface area contributed by atoms with Gasteiger partial charge in [0.1, 0.15) is 10.6 Å². The number of carbonyl (C=O) groups is 1. The van der Waals surface area contributed by atoms with E-state index in [1.165, 1.54) is 13.2 Å². The first-order valence-corrected chi connectivity index (χ1v) is 12.6. The van der Waals surface area contributed by atoms with Gasteiger partial charge in [0, 0.05) is 6.04 Å². The van der Waals surface area contributed by atoms with E-state index < -0.39 is 40.3 Å². The number of nitrogens with zero attached hydrogens (tertiary/aromatic N) is 1. The van der Waals surface area contributed by atoms with E-state index in [0.717, 1.165) is 41.8 Å². The van der Waals surface area contributed by atoms with Crippen LogP contribution in [-0.4, -0.2) is 38.3 Å². The minimum atomic E-state index is -4.62. The van der Waals surface area contributed by atoms with Crippen molar-refractivity contribution in [1.82, 2.24) is 4.31 Å². The van der Waals surface area contributed by atoms with Crippen LogP contribution in [0.5, 0.6) is 5.75 Å². The number of aryl methyl sites for hydroxylation is 1. The second-order valence-electron chi connectivity index (χ2n) is 8.24. The second-order valence-corrected chi connectivity index (χ2v) is 10.5. The Morgan fingerprint density at radius 1 is 1.15 bits per heavy atom. The number of rotatable bonds is 7. The number of amides is 1. The molecule has 0 aromatic heterocycles. The molecule has 0 atom stereocenters. The molecule has 0 unspecified atom stereocenters. The lowest BCUT2D eigenvalue weighted by Gasteiger charge is -2.33. The lowest BCUT2D eigenvalue weighted by atomic mass is 9.95. The Balaban J connectivity index is 1.94. The fourth-order valence-electron chi connectivity index (χ4n) is 4.02. The van der Waals surface area contributed by atoms with Gasteiger partial charge in [-0.3, -0.25) is 4.79 Å². The van der Waals surface area contributed by atoms with Crippen LogP contribution in [0.2, 0.25) is 5.02 Å². The Morgan fingerprint density at radius 2 is 1.82 bits per heavy atom. The summed E-state index contributed by atoms with van der Waals surface area (Å²) in [5.74, 6) is -0.644. The number of alkyl halides is 3. The summed E-state index contributed by atoms with van der Waals surface area (Å²) < 4.78 is 73.0. The van der Waals surface area contributed by atoms with Gasteiger partial charge in [0.25, 0.3) is 0 Å². The molecule has 1 N–H and O–H groups in total. The molecule has 1 saturated carbocycles. The van der Waals surface area contributed by atoms with E-state index in [1.54, 1.807) is 19.1 Å². The molecule has 1 aliphatic carbocycles. The smallest absolute Gasteiger partial charge is 0.416 e. The zero-order valence-electron chi connectivity index (χ0n) is 18.8. The van der Waals surface area contributed by atoms with Crippen LogP contribution in [0, 0.1) is 6.92 Å². The van der Waals surface area contributed by atoms with E-state index in [-0.39, 0.29) is 21.4 Å². The quantitative estimate of drug-likeness (QED) is 0.515. The molecule has 3 rings (SSSR count). The van der Waals surface area contributed by atoms with Crippen molar-refractivity contribution in [2.75, 3.05) is 19.0 Å². The van der Waals surface area contributed by atoms with Gasteiger partial charge in [0.15, 0.2) is 0 Å². The molecule has 0 aliphatic heterocycles. The molecule has 34 heavy (non-hydrogen) atoms. The molecular weight excluding hydrogens is 493 g/mol. The molecule has 2 aromatic rings. The van der Waals surface area contributed by atoms with Crippen LogP contribution >= 0.6 is 11.6 Å². The van der Waals surface area contributed by atoms with E-state index in [4.69, 9.17) is 16.3 Å². The van der Waals surface area contributed by atoms with Crippen molar-refractivity contribution in [2.45, 2.75) is 56.1 Å². The summed E-state index contributed by atoms with van der Waals surface area (Å²) in [6.07, 6.45) is -0.894. The Hall–Kier alpha value is -2.30. The minimum absolute atomic E-state index is 0.0644. The Kier molecular flexibility index (Phi) is 8.15. The zero-order chi connectivity index (χ0) is 25.1. The third kappa shape index (κ3) is 6.03. The van der Waals surface area contributed by atoms with Gasteiger partial charge in [-0.15, -0.1) is 0 Å². The monoisotopic (exact) mass is 518 g/mol. The van der Waals surface area contributed by atoms with Crippen LogP contribution < -0.4 is 10.1 Å². The van der Waals surface area contributed by atoms with Crippen LogP contribution in [0.3, 0.4) is 0 Å². The topological polar surface area (TPSA) is 75.7 Å². The van der Waals surface area contributed by atoms with Crippen molar-refractivity contribution in [3.63, 3.8) is 0 Å². The van der Waals surface area contributed by atoms with Crippen molar-refractivity contribution < 1.29 is 31.1 Å². The van der Waals surface area contributed by atoms with E-state index in [0.29, 0.717) is 18.4 Å². The standard InChI is InChI=1S/C23H26ClF3N2O4S/c1-15-8-11-20(33-2)21(12-15)34(31,32)29(17-6-4-3-5-7-17)14-22(30)28-19-13-16(23(25,26)27)9-10-18(19)24/h8-13,17H,3-7,14H2,1-2H3,(H,28,30). The van der Waals surface area contributed by atoms with Gasteiger partial charge in [-0.05, 0) is 55.7 Å². The number of hydrogen-bond donors (Lipinski definition) is 1. The van der Waals surface area contributed by atoms with Crippen LogP contribution in [0.4, 0.5) is 18.9 Å². The average Bonchev–Trinajstić information content (AvgIpc) is 2.78. The van der Waals surface area contributed by atoms with Crippen molar-refractivity contribution in [1.29, 1.82) is 0 Å². The van der Waals surface area contributed by atoms with E-state index >= 15 is 0 Å². The van der Waals surface area contributed by atoms with Crippen LogP contribution in [-0.2, 0) is 21.0 Å². The zero-order valence-corrected chi connectivity index (χ0v) is 20.4. The molecule has 1 amide bonds. The highest BCUT2D eigenvalue weighted by Gasteiger charge is 2.36. The SMILES string of the molecule is COc1ccc(C)cc1S(=O)(=O)N(CC(=O)Nc1cc(C(F)(F)F)ccc1Cl)C1CCCCC1. The summed E-state index contributed by atoms with van der Waals surface area (Å²) in [6, 6.07) is 6.88. The van der Waals surface area contributed by atoms with E-state index in [2.05, 4.69) is 5.32 Å². The fourth-order valence-corrected chi connectivity index (χ4v) is 6.07. The van der Waals surface area contributed by atoms with Gasteiger partial charge in [0.2, 0.25) is 15.9 Å². The average molecular weight is 519 g/mol. The van der Waals surface area contributed by atoms with Crippen molar-refractivity contribution in [3.05, 3.63) is 52.5 Å². The van der Waals surface area contributed by atoms with Gasteiger partial charge in [-0.1, -0.05) is 36.9 Å². The largest absolute Gasteiger partial charge is 0.495 e. The Morgan fingerprint density at radius 3 is 2.44 bits per heavy atom. The summed E-state index contributed by atoms with van der Waals surface area (Å²) >= 11 is 5.99. The second kappa shape index (κ2) is 10.5. The van der Waals surface area contributed by atoms with Gasteiger partial charge >= 0.3 is 6.18 Å². The number of hydrogen-bond acceptors (Lipinski definition) is 4. The van der Waals surface area contributed by atoms with E-state index in [9.17, 15) is 26.4 Å². The predicted molar refractivity (Wildman–Crippen MR) is 124 cm³/mol. The summed E-state index contributed by atoms with van der Waals surface area (Å²) in [5, 5.41) is 2.26. The molecular formula is C23H26ClF3N2O4S. The first kappa shape index (κ1) is 26.3. The van der Waals surface area contributed by atoms with E-state index in [1.807, 2.05) is 0 Å². The maximum absolute atomic E-state index is 13.7. The number of carbonyl (C=O) groups excluding carboxylic acids is 1. The molecule has 0 spiro atoms. The highest BCUT2D eigenvalue weighted by molar-refractivity contribution is 7.89. The summed E-state index contributed by atoms with van der Waals surface area (Å²) in [4.78, 5) is 12.8. The molecule has 0 heterocycles.